The number of β-amino-alcohol motifs (C(OH)–C–C–N with tert-alkyl or cyclic N) is 1. The largest absolute Gasteiger partial charge is 0.390 e. The molecule has 0 amide bonds. The molecule has 1 aromatic heterocycles. The number of hydrogen-bond donors (Lipinski definition) is 1. The van der Waals surface area contributed by atoms with Crippen LogP contribution in [0.5, 0.6) is 0 Å². The van der Waals surface area contributed by atoms with E-state index in [4.69, 9.17) is 0 Å². The van der Waals surface area contributed by atoms with Crippen molar-refractivity contribution < 1.29 is 5.11 Å². The second-order valence-electron chi connectivity index (χ2n) is 7.51. The summed E-state index contributed by atoms with van der Waals surface area (Å²) in [5, 5.41) is 15.0. The number of aliphatic hydroxyl groups excluding tert-OH is 1. The summed E-state index contributed by atoms with van der Waals surface area (Å²) in [6.45, 7) is 4.57. The average Bonchev–Trinajstić information content (AvgIpc) is 3.23. The summed E-state index contributed by atoms with van der Waals surface area (Å²) in [6.07, 6.45) is 7.22. The van der Waals surface area contributed by atoms with E-state index >= 15 is 0 Å². The molecule has 3 heterocycles. The third kappa shape index (κ3) is 3.78. The monoisotopic (exact) mass is 340 g/mol. The van der Waals surface area contributed by atoms with E-state index < -0.39 is 0 Å². The van der Waals surface area contributed by atoms with Crippen LogP contribution in [0.25, 0.3) is 0 Å². The van der Waals surface area contributed by atoms with E-state index in [1.54, 1.807) is 0 Å². The van der Waals surface area contributed by atoms with Gasteiger partial charge >= 0.3 is 0 Å². The molecule has 2 aliphatic heterocycles. The molecule has 4 rings (SSSR count). The number of likely N-dealkylation sites (tertiary alicyclic amines) is 1. The molecule has 0 radical (unpaired) electrons. The molecule has 5 heteroatoms. The van der Waals surface area contributed by atoms with Gasteiger partial charge in [0.05, 0.1) is 12.3 Å². The van der Waals surface area contributed by atoms with Gasteiger partial charge in [0.1, 0.15) is 0 Å². The third-order valence-corrected chi connectivity index (χ3v) is 5.60. The minimum absolute atomic E-state index is 0.303. The molecule has 134 valence electrons. The number of hydrogen-bond acceptors (Lipinski definition) is 4. The molecule has 1 saturated heterocycles. The Kier molecular flexibility index (Phi) is 4.88. The topological polar surface area (TPSA) is 44.5 Å². The third-order valence-electron chi connectivity index (χ3n) is 5.60. The lowest BCUT2D eigenvalue weighted by atomic mass is 10.00. The molecule has 1 N–H and O–H groups in total. The van der Waals surface area contributed by atoms with Gasteiger partial charge in [0, 0.05) is 51.0 Å². The van der Waals surface area contributed by atoms with E-state index in [9.17, 15) is 5.11 Å². The smallest absolute Gasteiger partial charge is 0.0794 e. The van der Waals surface area contributed by atoms with Crippen LogP contribution in [0.3, 0.4) is 0 Å². The van der Waals surface area contributed by atoms with Gasteiger partial charge < -0.3 is 5.11 Å². The van der Waals surface area contributed by atoms with Crippen molar-refractivity contribution >= 4 is 0 Å². The highest BCUT2D eigenvalue weighted by Gasteiger charge is 2.29. The molecule has 25 heavy (non-hydrogen) atoms. The van der Waals surface area contributed by atoms with Crippen LogP contribution in [0, 0.1) is 0 Å². The predicted molar refractivity (Wildman–Crippen MR) is 98.2 cm³/mol. The van der Waals surface area contributed by atoms with Crippen LogP contribution in [-0.4, -0.2) is 57.0 Å². The summed E-state index contributed by atoms with van der Waals surface area (Å²) in [7, 11) is 1.96. The Morgan fingerprint density at radius 1 is 1.20 bits per heavy atom. The van der Waals surface area contributed by atoms with Crippen LogP contribution in [0.4, 0.5) is 0 Å². The van der Waals surface area contributed by atoms with Crippen molar-refractivity contribution in [2.75, 3.05) is 26.2 Å². The summed E-state index contributed by atoms with van der Waals surface area (Å²) >= 11 is 0. The molecule has 0 spiro atoms. The van der Waals surface area contributed by atoms with Crippen LogP contribution in [0.2, 0.25) is 0 Å². The Balaban J connectivity index is 1.34. The van der Waals surface area contributed by atoms with Crippen molar-refractivity contribution in [3.8, 4) is 0 Å². The summed E-state index contributed by atoms with van der Waals surface area (Å²) < 4.78 is 1.87. The number of fused-ring (bicyclic) bond motifs is 1. The molecule has 0 aliphatic carbocycles. The van der Waals surface area contributed by atoms with Gasteiger partial charge in [-0.2, -0.15) is 5.10 Å². The van der Waals surface area contributed by atoms with E-state index in [1.807, 2.05) is 17.9 Å². The molecule has 2 unspecified atom stereocenters. The van der Waals surface area contributed by atoms with Crippen LogP contribution in [-0.2, 0) is 20.0 Å². The van der Waals surface area contributed by atoms with E-state index in [1.165, 1.54) is 23.1 Å². The number of aromatic nitrogens is 2. The van der Waals surface area contributed by atoms with Crippen LogP contribution < -0.4 is 0 Å². The number of rotatable bonds is 5. The van der Waals surface area contributed by atoms with Gasteiger partial charge in [-0.1, -0.05) is 24.3 Å². The first kappa shape index (κ1) is 16.8. The number of nitrogens with zero attached hydrogens (tertiary/aromatic N) is 4. The lowest BCUT2D eigenvalue weighted by Crippen LogP contribution is -2.42. The van der Waals surface area contributed by atoms with Gasteiger partial charge in [0.2, 0.25) is 0 Å². The zero-order chi connectivity index (χ0) is 17.2. The lowest BCUT2D eigenvalue weighted by molar-refractivity contribution is 0.0649. The molecule has 2 aliphatic rings. The fourth-order valence-electron chi connectivity index (χ4n) is 4.37. The van der Waals surface area contributed by atoms with Crippen molar-refractivity contribution in [3.63, 3.8) is 0 Å². The molecular weight excluding hydrogens is 312 g/mol. The molecule has 2 atom stereocenters. The molecular formula is C20H28N4O. The normalized spacial score (nSPS) is 22.9. The van der Waals surface area contributed by atoms with Crippen molar-refractivity contribution in [2.45, 2.75) is 38.0 Å². The van der Waals surface area contributed by atoms with Crippen molar-refractivity contribution in [1.82, 2.24) is 19.6 Å². The van der Waals surface area contributed by atoms with Gasteiger partial charge in [-0.25, -0.2) is 0 Å². The Morgan fingerprint density at radius 3 is 2.84 bits per heavy atom. The first-order chi connectivity index (χ1) is 12.2. The Hall–Kier alpha value is -1.69. The number of benzene rings is 1. The van der Waals surface area contributed by atoms with Crippen LogP contribution in [0.15, 0.2) is 36.7 Å². The Labute approximate surface area is 149 Å². The highest BCUT2D eigenvalue weighted by molar-refractivity contribution is 5.29. The van der Waals surface area contributed by atoms with Crippen LogP contribution >= 0.6 is 0 Å². The quantitative estimate of drug-likeness (QED) is 0.904. The van der Waals surface area contributed by atoms with Crippen molar-refractivity contribution in [3.05, 3.63) is 53.3 Å². The minimum atomic E-state index is -0.303. The van der Waals surface area contributed by atoms with E-state index in [-0.39, 0.29) is 6.10 Å². The summed E-state index contributed by atoms with van der Waals surface area (Å²) in [5.41, 5.74) is 4.15. The van der Waals surface area contributed by atoms with Crippen molar-refractivity contribution in [1.29, 1.82) is 0 Å². The van der Waals surface area contributed by atoms with Gasteiger partial charge in [-0.05, 0) is 36.9 Å². The maximum atomic E-state index is 10.7. The maximum absolute atomic E-state index is 10.7. The predicted octanol–water partition coefficient (Wildman–Crippen LogP) is 1.98. The van der Waals surface area contributed by atoms with E-state index in [0.717, 1.165) is 45.6 Å². The molecule has 0 bridgehead atoms. The Bertz CT molecular complexity index is 713. The molecule has 5 nitrogen and oxygen atoms in total. The standard InChI is InChI=1S/C20H28N4O/c1-22-12-18(11-21-22)20-7-4-9-24(20)15-19(25)14-23-10-8-16-5-2-3-6-17(16)13-23/h2-3,5-6,11-12,19-20,25H,4,7-10,13-15H2,1H3. The number of aliphatic hydroxyl groups is 1. The van der Waals surface area contributed by atoms with Gasteiger partial charge in [0.15, 0.2) is 0 Å². The van der Waals surface area contributed by atoms with E-state index in [2.05, 4.69) is 45.4 Å². The highest BCUT2D eigenvalue weighted by atomic mass is 16.3. The highest BCUT2D eigenvalue weighted by Crippen LogP contribution is 2.31. The first-order valence-corrected chi connectivity index (χ1v) is 9.39. The zero-order valence-corrected chi connectivity index (χ0v) is 15.0. The summed E-state index contributed by atoms with van der Waals surface area (Å²) in [5.74, 6) is 0. The fourth-order valence-corrected chi connectivity index (χ4v) is 4.37. The minimum Gasteiger partial charge on any atom is -0.390 e. The maximum Gasteiger partial charge on any atom is 0.0794 e. The molecule has 0 saturated carbocycles. The van der Waals surface area contributed by atoms with Crippen LogP contribution in [0.1, 0.15) is 35.6 Å². The van der Waals surface area contributed by atoms with E-state index in [0.29, 0.717) is 6.04 Å². The SMILES string of the molecule is Cn1cc(C2CCCN2CC(O)CN2CCc3ccccc3C2)cn1. The molecule has 1 aromatic carbocycles. The second-order valence-corrected chi connectivity index (χ2v) is 7.51. The van der Waals surface area contributed by atoms with Crippen molar-refractivity contribution in [2.24, 2.45) is 7.05 Å². The average molecular weight is 340 g/mol. The second kappa shape index (κ2) is 7.28. The fraction of sp³-hybridized carbons (Fsp3) is 0.550. The summed E-state index contributed by atoms with van der Waals surface area (Å²) in [4.78, 5) is 4.82. The zero-order valence-electron chi connectivity index (χ0n) is 15.0. The molecule has 2 aromatic rings. The van der Waals surface area contributed by atoms with Gasteiger partial charge in [-0.3, -0.25) is 14.5 Å². The summed E-state index contributed by atoms with van der Waals surface area (Å²) in [6, 6.07) is 9.08. The number of aryl methyl sites for hydroxylation is 1. The lowest BCUT2D eigenvalue weighted by Gasteiger charge is -2.32. The van der Waals surface area contributed by atoms with Gasteiger partial charge in [-0.15, -0.1) is 0 Å². The first-order valence-electron chi connectivity index (χ1n) is 9.39. The molecule has 1 fully saturated rings. The van der Waals surface area contributed by atoms with Gasteiger partial charge in [0.25, 0.3) is 0 Å². The Morgan fingerprint density at radius 2 is 2.04 bits per heavy atom.